The summed E-state index contributed by atoms with van der Waals surface area (Å²) in [6, 6.07) is 15.5. The monoisotopic (exact) mass is 435 g/mol. The van der Waals surface area contributed by atoms with Gasteiger partial charge in [0.25, 0.3) is 0 Å². The Hall–Kier alpha value is -3.94. The van der Waals surface area contributed by atoms with Crippen LogP contribution in [-0.4, -0.2) is 41.9 Å². The Morgan fingerprint density at radius 2 is 1.50 bits per heavy atom. The molecule has 0 aromatic heterocycles. The summed E-state index contributed by atoms with van der Waals surface area (Å²) in [6.07, 6.45) is 3.64. The predicted molar refractivity (Wildman–Crippen MR) is 121 cm³/mol. The molecule has 3 amide bonds. The topological polar surface area (TPSA) is 116 Å². The summed E-state index contributed by atoms with van der Waals surface area (Å²) in [5.74, 6) is -2.16. The number of carboxylic acids is 1. The molecule has 1 heterocycles. The van der Waals surface area contributed by atoms with Crippen LogP contribution in [0.1, 0.15) is 36.0 Å². The zero-order chi connectivity index (χ0) is 22.9. The average molecular weight is 435 g/mol. The minimum atomic E-state index is -1.08. The number of nitrogens with zero attached hydrogens (tertiary/aromatic N) is 1. The van der Waals surface area contributed by atoms with Crippen LogP contribution in [0.25, 0.3) is 12.2 Å². The Morgan fingerprint density at radius 1 is 0.812 bits per heavy atom. The Kier molecular flexibility index (Phi) is 7.75. The van der Waals surface area contributed by atoms with Crippen LogP contribution >= 0.6 is 0 Å². The van der Waals surface area contributed by atoms with Gasteiger partial charge in [0.05, 0.1) is 25.2 Å². The first-order valence-electron chi connectivity index (χ1n) is 10.3. The van der Waals surface area contributed by atoms with Gasteiger partial charge in [-0.25, -0.2) is 0 Å². The van der Waals surface area contributed by atoms with Crippen molar-refractivity contribution in [3.8, 4) is 0 Å². The molecule has 1 aliphatic rings. The number of carbonyl (C=O) groups is 4. The van der Waals surface area contributed by atoms with E-state index in [4.69, 9.17) is 5.11 Å². The molecule has 2 aromatic carbocycles. The summed E-state index contributed by atoms with van der Waals surface area (Å²) in [5, 5.41) is 13.5. The molecule has 0 saturated carbocycles. The molecule has 8 heteroatoms. The molecule has 0 aliphatic carbocycles. The van der Waals surface area contributed by atoms with E-state index in [9.17, 15) is 19.2 Å². The number of hydrogen-bond donors (Lipinski definition) is 3. The molecule has 8 nitrogen and oxygen atoms in total. The number of rotatable bonds is 8. The number of aliphatic carboxylic acids is 1. The van der Waals surface area contributed by atoms with Crippen molar-refractivity contribution in [3.63, 3.8) is 0 Å². The number of amides is 3. The van der Waals surface area contributed by atoms with Gasteiger partial charge in [-0.05, 0) is 22.8 Å². The minimum Gasteiger partial charge on any atom is -0.481 e. The van der Waals surface area contributed by atoms with Crippen LogP contribution in [0.2, 0.25) is 0 Å². The lowest BCUT2D eigenvalue weighted by Gasteiger charge is -2.27. The summed E-state index contributed by atoms with van der Waals surface area (Å²) >= 11 is 0. The highest BCUT2D eigenvalue weighted by Crippen LogP contribution is 2.29. The summed E-state index contributed by atoms with van der Waals surface area (Å²) in [7, 11) is 0. The van der Waals surface area contributed by atoms with Gasteiger partial charge in [0, 0.05) is 19.4 Å². The first-order chi connectivity index (χ1) is 15.4. The lowest BCUT2D eigenvalue weighted by Crippen LogP contribution is -2.39. The van der Waals surface area contributed by atoms with Crippen LogP contribution in [-0.2, 0) is 25.7 Å². The van der Waals surface area contributed by atoms with Gasteiger partial charge in [0.2, 0.25) is 17.7 Å². The number of fused-ring (bicyclic) bond motifs is 2. The van der Waals surface area contributed by atoms with Gasteiger partial charge in [0.15, 0.2) is 0 Å². The number of hydrogen-bond acceptors (Lipinski definition) is 4. The molecule has 0 spiro atoms. The maximum absolute atomic E-state index is 13.1. The zero-order valence-electron chi connectivity index (χ0n) is 17.5. The standard InChI is InChI=1S/C24H25N3O5/c28-21(11-12-24(31)32)26-15-22(29)25-14-13-23(30)27-16-19-7-2-1-5-17(19)9-10-18-6-3-4-8-20(18)27/h1-10H,11-16H2,(H,25,29)(H,26,28)(H,31,32)/b10-9-. The highest BCUT2D eigenvalue weighted by molar-refractivity contribution is 5.97. The van der Waals surface area contributed by atoms with Crippen molar-refractivity contribution >= 4 is 41.5 Å². The van der Waals surface area contributed by atoms with Crippen molar-refractivity contribution in [1.82, 2.24) is 10.6 Å². The Balaban J connectivity index is 1.57. The molecule has 0 radical (unpaired) electrons. The molecule has 0 fully saturated rings. The Labute approximate surface area is 185 Å². The fraction of sp³-hybridized carbons (Fsp3) is 0.250. The maximum atomic E-state index is 13.1. The van der Waals surface area contributed by atoms with E-state index in [1.165, 1.54) is 0 Å². The van der Waals surface area contributed by atoms with Crippen LogP contribution < -0.4 is 15.5 Å². The van der Waals surface area contributed by atoms with E-state index in [-0.39, 0.29) is 38.3 Å². The summed E-state index contributed by atoms with van der Waals surface area (Å²) in [6.45, 7) is 0.278. The second-order valence-corrected chi connectivity index (χ2v) is 7.34. The van der Waals surface area contributed by atoms with Gasteiger partial charge < -0.3 is 20.6 Å². The third kappa shape index (κ3) is 6.28. The molecule has 0 saturated heterocycles. The number of para-hydroxylation sites is 1. The molecular formula is C24H25N3O5. The predicted octanol–water partition coefficient (Wildman–Crippen LogP) is 2.19. The van der Waals surface area contributed by atoms with E-state index < -0.39 is 17.8 Å². The van der Waals surface area contributed by atoms with Crippen LogP contribution in [0, 0.1) is 0 Å². The smallest absolute Gasteiger partial charge is 0.303 e. The lowest BCUT2D eigenvalue weighted by atomic mass is 10.0. The van der Waals surface area contributed by atoms with E-state index in [1.807, 2.05) is 60.7 Å². The number of benzene rings is 2. The van der Waals surface area contributed by atoms with Gasteiger partial charge in [-0.3, -0.25) is 19.2 Å². The maximum Gasteiger partial charge on any atom is 0.303 e. The molecule has 0 bridgehead atoms. The van der Waals surface area contributed by atoms with Crippen molar-refractivity contribution in [2.75, 3.05) is 18.0 Å². The van der Waals surface area contributed by atoms with E-state index in [2.05, 4.69) is 10.6 Å². The van der Waals surface area contributed by atoms with E-state index in [1.54, 1.807) is 4.90 Å². The highest BCUT2D eigenvalue weighted by Gasteiger charge is 2.20. The van der Waals surface area contributed by atoms with Crippen molar-refractivity contribution in [2.45, 2.75) is 25.8 Å². The number of carbonyl (C=O) groups excluding carboxylic acids is 3. The SMILES string of the molecule is O=C(O)CCC(=O)NCC(=O)NCCC(=O)N1Cc2ccccc2/C=C\c2ccccc21. The number of anilines is 1. The number of carboxylic acid groups (broad SMARTS) is 1. The van der Waals surface area contributed by atoms with E-state index >= 15 is 0 Å². The largest absolute Gasteiger partial charge is 0.481 e. The van der Waals surface area contributed by atoms with Crippen molar-refractivity contribution < 1.29 is 24.3 Å². The van der Waals surface area contributed by atoms with Crippen LogP contribution in [0.15, 0.2) is 48.5 Å². The molecule has 1 aliphatic heterocycles. The fourth-order valence-electron chi connectivity index (χ4n) is 3.37. The third-order valence-corrected chi connectivity index (χ3v) is 5.03. The zero-order valence-corrected chi connectivity index (χ0v) is 17.5. The van der Waals surface area contributed by atoms with E-state index in [0.717, 1.165) is 22.4 Å². The van der Waals surface area contributed by atoms with Crippen molar-refractivity contribution in [3.05, 3.63) is 65.2 Å². The Morgan fingerprint density at radius 3 is 2.28 bits per heavy atom. The van der Waals surface area contributed by atoms with Crippen molar-refractivity contribution in [1.29, 1.82) is 0 Å². The molecule has 166 valence electrons. The van der Waals surface area contributed by atoms with Gasteiger partial charge >= 0.3 is 5.97 Å². The minimum absolute atomic E-state index is 0.0961. The van der Waals surface area contributed by atoms with Crippen LogP contribution in [0.3, 0.4) is 0 Å². The lowest BCUT2D eigenvalue weighted by molar-refractivity contribution is -0.138. The molecule has 32 heavy (non-hydrogen) atoms. The Bertz CT molecular complexity index is 1050. The first kappa shape index (κ1) is 22.7. The fourth-order valence-corrected chi connectivity index (χ4v) is 3.37. The quantitative estimate of drug-likeness (QED) is 0.588. The third-order valence-electron chi connectivity index (χ3n) is 5.03. The van der Waals surface area contributed by atoms with Gasteiger partial charge in [-0.2, -0.15) is 0 Å². The molecule has 2 aromatic rings. The number of nitrogens with one attached hydrogen (secondary N) is 2. The molecule has 3 rings (SSSR count). The summed E-state index contributed by atoms with van der Waals surface area (Å²) in [4.78, 5) is 48.7. The van der Waals surface area contributed by atoms with Crippen LogP contribution in [0.5, 0.6) is 0 Å². The second-order valence-electron chi connectivity index (χ2n) is 7.34. The summed E-state index contributed by atoms with van der Waals surface area (Å²) < 4.78 is 0. The summed E-state index contributed by atoms with van der Waals surface area (Å²) in [5.41, 5.74) is 3.81. The first-order valence-corrected chi connectivity index (χ1v) is 10.3. The van der Waals surface area contributed by atoms with Crippen LogP contribution in [0.4, 0.5) is 5.69 Å². The van der Waals surface area contributed by atoms with Gasteiger partial charge in [-0.15, -0.1) is 0 Å². The highest BCUT2D eigenvalue weighted by atomic mass is 16.4. The molecule has 0 atom stereocenters. The molecule has 0 unspecified atom stereocenters. The molecular weight excluding hydrogens is 410 g/mol. The van der Waals surface area contributed by atoms with E-state index in [0.29, 0.717) is 6.54 Å². The van der Waals surface area contributed by atoms with Crippen molar-refractivity contribution in [2.24, 2.45) is 0 Å². The molecule has 3 N–H and O–H groups in total. The second kappa shape index (κ2) is 10.9. The van der Waals surface area contributed by atoms with Gasteiger partial charge in [0.1, 0.15) is 0 Å². The normalized spacial score (nSPS) is 13.1. The van der Waals surface area contributed by atoms with Gasteiger partial charge in [-0.1, -0.05) is 54.6 Å². The average Bonchev–Trinajstić information content (AvgIpc) is 2.77.